The number of nitrogens with zero attached hydrogens (tertiary/aromatic N) is 3. The second-order valence-electron chi connectivity index (χ2n) is 7.20. The standard InChI is InChI=1S/C21H22FN3OS2/c1-12(21(26)25(3)11-14-6-4-7-15(22)10-14)27-19-18-16-8-5-9-17(16)28-20(18)24-13(2)23-19/h4,6-7,10,12H,5,8-9,11H2,1-3H3/t12-/m1/s1. The Morgan fingerprint density at radius 1 is 1.36 bits per heavy atom. The van der Waals surface area contributed by atoms with Gasteiger partial charge in [0.25, 0.3) is 0 Å². The third-order valence-corrected chi connectivity index (χ3v) is 7.22. The Kier molecular flexibility index (Phi) is 5.38. The normalized spacial score (nSPS) is 14.3. The van der Waals surface area contributed by atoms with Gasteiger partial charge in [-0.15, -0.1) is 11.3 Å². The van der Waals surface area contributed by atoms with E-state index in [0.717, 1.165) is 39.5 Å². The maximum Gasteiger partial charge on any atom is 0.235 e. The van der Waals surface area contributed by atoms with E-state index in [1.807, 2.05) is 19.9 Å². The van der Waals surface area contributed by atoms with Gasteiger partial charge in [0.15, 0.2) is 0 Å². The molecule has 0 saturated heterocycles. The van der Waals surface area contributed by atoms with E-state index in [0.29, 0.717) is 6.54 Å². The number of rotatable bonds is 5. The number of benzene rings is 1. The Bertz CT molecular complexity index is 1050. The van der Waals surface area contributed by atoms with Gasteiger partial charge < -0.3 is 4.90 Å². The zero-order valence-corrected chi connectivity index (χ0v) is 17.8. The second-order valence-corrected chi connectivity index (χ2v) is 9.61. The van der Waals surface area contributed by atoms with Crippen LogP contribution in [0.25, 0.3) is 10.2 Å². The highest BCUT2D eigenvalue weighted by Crippen LogP contribution is 2.41. The van der Waals surface area contributed by atoms with Gasteiger partial charge in [-0.1, -0.05) is 23.9 Å². The van der Waals surface area contributed by atoms with Crippen LogP contribution >= 0.6 is 23.1 Å². The van der Waals surface area contributed by atoms with Crippen molar-refractivity contribution in [3.8, 4) is 0 Å². The Balaban J connectivity index is 1.54. The highest BCUT2D eigenvalue weighted by atomic mass is 32.2. The molecule has 0 aliphatic heterocycles. The lowest BCUT2D eigenvalue weighted by Gasteiger charge is -2.21. The Morgan fingerprint density at radius 3 is 2.96 bits per heavy atom. The molecule has 0 radical (unpaired) electrons. The number of carbonyl (C=O) groups excluding carboxylic acids is 1. The highest BCUT2D eigenvalue weighted by Gasteiger charge is 2.25. The van der Waals surface area contributed by atoms with Crippen molar-refractivity contribution in [2.24, 2.45) is 0 Å². The van der Waals surface area contributed by atoms with Crippen LogP contribution in [0.4, 0.5) is 4.39 Å². The van der Waals surface area contributed by atoms with Gasteiger partial charge >= 0.3 is 0 Å². The summed E-state index contributed by atoms with van der Waals surface area (Å²) >= 11 is 3.26. The number of hydrogen-bond acceptors (Lipinski definition) is 5. The summed E-state index contributed by atoms with van der Waals surface area (Å²) in [4.78, 5) is 26.3. The van der Waals surface area contributed by atoms with Gasteiger partial charge in [0, 0.05) is 23.9 Å². The molecule has 2 heterocycles. The molecule has 1 aliphatic carbocycles. The summed E-state index contributed by atoms with van der Waals surface area (Å²) < 4.78 is 13.4. The molecule has 146 valence electrons. The van der Waals surface area contributed by atoms with E-state index in [2.05, 4.69) is 9.97 Å². The van der Waals surface area contributed by atoms with Crippen molar-refractivity contribution < 1.29 is 9.18 Å². The number of aryl methyl sites for hydroxylation is 3. The van der Waals surface area contributed by atoms with Gasteiger partial charge in [0.1, 0.15) is 21.5 Å². The van der Waals surface area contributed by atoms with Crippen LogP contribution in [-0.4, -0.2) is 33.1 Å². The van der Waals surface area contributed by atoms with E-state index in [1.54, 1.807) is 29.4 Å². The molecule has 1 aromatic carbocycles. The van der Waals surface area contributed by atoms with Crippen molar-refractivity contribution in [1.29, 1.82) is 0 Å². The quantitative estimate of drug-likeness (QED) is 0.445. The van der Waals surface area contributed by atoms with Gasteiger partial charge in [-0.3, -0.25) is 4.79 Å². The summed E-state index contributed by atoms with van der Waals surface area (Å²) in [5, 5.41) is 1.76. The number of thiophene rings is 1. The Labute approximate surface area is 172 Å². The molecule has 1 aliphatic rings. The zero-order chi connectivity index (χ0) is 19.8. The van der Waals surface area contributed by atoms with Crippen LogP contribution in [0, 0.1) is 12.7 Å². The minimum absolute atomic E-state index is 0.00514. The Morgan fingerprint density at radius 2 is 2.18 bits per heavy atom. The van der Waals surface area contributed by atoms with Crippen molar-refractivity contribution in [3.63, 3.8) is 0 Å². The van der Waals surface area contributed by atoms with E-state index in [-0.39, 0.29) is 17.0 Å². The smallest absolute Gasteiger partial charge is 0.235 e. The molecule has 3 aromatic rings. The first kappa shape index (κ1) is 19.3. The summed E-state index contributed by atoms with van der Waals surface area (Å²) in [6, 6.07) is 6.37. The molecule has 0 N–H and O–H groups in total. The first-order chi connectivity index (χ1) is 13.4. The third kappa shape index (κ3) is 3.78. The molecule has 4 nitrogen and oxygen atoms in total. The summed E-state index contributed by atoms with van der Waals surface area (Å²) in [5.41, 5.74) is 2.15. The minimum atomic E-state index is -0.286. The lowest BCUT2D eigenvalue weighted by atomic mass is 10.2. The summed E-state index contributed by atoms with van der Waals surface area (Å²) in [5.74, 6) is 0.458. The third-order valence-electron chi connectivity index (χ3n) is 4.96. The summed E-state index contributed by atoms with van der Waals surface area (Å²) in [7, 11) is 1.76. The van der Waals surface area contributed by atoms with Crippen LogP contribution in [0.3, 0.4) is 0 Å². The van der Waals surface area contributed by atoms with Gasteiger partial charge in [0.05, 0.1) is 5.25 Å². The van der Waals surface area contributed by atoms with Crippen molar-refractivity contribution >= 4 is 39.2 Å². The number of fused-ring (bicyclic) bond motifs is 3. The molecule has 2 aromatic heterocycles. The van der Waals surface area contributed by atoms with E-state index >= 15 is 0 Å². The predicted octanol–water partition coefficient (Wildman–Crippen LogP) is 4.77. The molecule has 0 spiro atoms. The second kappa shape index (κ2) is 7.79. The van der Waals surface area contributed by atoms with E-state index in [4.69, 9.17) is 0 Å². The summed E-state index contributed by atoms with van der Waals surface area (Å²) in [6.07, 6.45) is 3.36. The number of amides is 1. The maximum absolute atomic E-state index is 13.4. The monoisotopic (exact) mass is 415 g/mol. The van der Waals surface area contributed by atoms with E-state index in [9.17, 15) is 9.18 Å². The van der Waals surface area contributed by atoms with Crippen LogP contribution in [0.5, 0.6) is 0 Å². The van der Waals surface area contributed by atoms with Crippen LogP contribution in [0.1, 0.15) is 35.2 Å². The summed E-state index contributed by atoms with van der Waals surface area (Å²) in [6.45, 7) is 4.19. The zero-order valence-electron chi connectivity index (χ0n) is 16.2. The fourth-order valence-corrected chi connectivity index (χ4v) is 6.17. The van der Waals surface area contributed by atoms with Crippen LogP contribution < -0.4 is 0 Å². The molecular formula is C21H22FN3OS2. The molecule has 28 heavy (non-hydrogen) atoms. The Hall–Kier alpha value is -1.99. The number of thioether (sulfide) groups is 1. The first-order valence-corrected chi connectivity index (χ1v) is 11.1. The fourth-order valence-electron chi connectivity index (χ4n) is 3.66. The molecule has 1 atom stereocenters. The predicted molar refractivity (Wildman–Crippen MR) is 112 cm³/mol. The molecular weight excluding hydrogens is 393 g/mol. The van der Waals surface area contributed by atoms with Crippen molar-refractivity contribution in [2.45, 2.75) is 49.9 Å². The van der Waals surface area contributed by atoms with Crippen LogP contribution in [0.15, 0.2) is 29.3 Å². The highest BCUT2D eigenvalue weighted by molar-refractivity contribution is 8.00. The number of halogens is 1. The number of carbonyl (C=O) groups is 1. The van der Waals surface area contributed by atoms with Crippen molar-refractivity contribution in [1.82, 2.24) is 14.9 Å². The maximum atomic E-state index is 13.4. The van der Waals surface area contributed by atoms with Gasteiger partial charge in [-0.2, -0.15) is 0 Å². The van der Waals surface area contributed by atoms with Crippen molar-refractivity contribution in [2.75, 3.05) is 7.05 Å². The van der Waals surface area contributed by atoms with Gasteiger partial charge in [-0.05, 0) is 56.4 Å². The molecule has 0 saturated carbocycles. The molecule has 4 rings (SSSR count). The van der Waals surface area contributed by atoms with Gasteiger partial charge in [-0.25, -0.2) is 14.4 Å². The lowest BCUT2D eigenvalue weighted by Crippen LogP contribution is -2.32. The molecule has 0 fully saturated rings. The molecule has 0 bridgehead atoms. The van der Waals surface area contributed by atoms with Gasteiger partial charge in [0.2, 0.25) is 5.91 Å². The minimum Gasteiger partial charge on any atom is -0.340 e. The van der Waals surface area contributed by atoms with Crippen molar-refractivity contribution in [3.05, 3.63) is 51.9 Å². The molecule has 1 amide bonds. The number of hydrogen-bond donors (Lipinski definition) is 0. The van der Waals surface area contributed by atoms with Crippen LogP contribution in [-0.2, 0) is 24.2 Å². The first-order valence-electron chi connectivity index (χ1n) is 9.37. The average molecular weight is 416 g/mol. The largest absolute Gasteiger partial charge is 0.340 e. The topological polar surface area (TPSA) is 46.1 Å². The lowest BCUT2D eigenvalue weighted by molar-refractivity contribution is -0.129. The SMILES string of the molecule is Cc1nc(S[C@H](C)C(=O)N(C)Cc2cccc(F)c2)c2c3c(sc2n1)CCC3. The molecule has 7 heteroatoms. The fraction of sp³-hybridized carbons (Fsp3) is 0.381. The molecule has 0 unspecified atom stereocenters. The number of aromatic nitrogens is 2. The average Bonchev–Trinajstić information content (AvgIpc) is 3.21. The van der Waals surface area contributed by atoms with E-state index < -0.39 is 0 Å². The van der Waals surface area contributed by atoms with E-state index in [1.165, 1.54) is 40.8 Å². The van der Waals surface area contributed by atoms with Crippen LogP contribution in [0.2, 0.25) is 0 Å².